The molecule has 0 saturated heterocycles. The fraction of sp³-hybridized carbons (Fsp3) is 0.0769. The molecule has 0 unspecified atom stereocenters. The Kier molecular flexibility index (Phi) is 2.04. The first-order valence-electron chi connectivity index (χ1n) is 5.05. The lowest BCUT2D eigenvalue weighted by molar-refractivity contribution is 1.30. The second-order valence-corrected chi connectivity index (χ2v) is 4.31. The van der Waals surface area contributed by atoms with Crippen molar-refractivity contribution in [2.24, 2.45) is 0 Å². The maximum Gasteiger partial charge on any atom is 0.159 e. The monoisotopic (exact) mass is 228 g/mol. The van der Waals surface area contributed by atoms with Crippen molar-refractivity contribution in [3.63, 3.8) is 0 Å². The van der Waals surface area contributed by atoms with Crippen LogP contribution in [0.25, 0.3) is 21.8 Å². The van der Waals surface area contributed by atoms with Gasteiger partial charge in [-0.2, -0.15) is 0 Å². The zero-order valence-electron chi connectivity index (χ0n) is 8.74. The molecule has 3 aromatic rings. The first kappa shape index (κ1) is 9.55. The normalized spacial score (nSPS) is 11.1. The van der Waals surface area contributed by atoms with E-state index >= 15 is 0 Å². The van der Waals surface area contributed by atoms with Crippen LogP contribution in [0, 0.1) is 6.92 Å². The van der Waals surface area contributed by atoms with Crippen molar-refractivity contribution in [2.45, 2.75) is 6.92 Å². The predicted octanol–water partition coefficient (Wildman–Crippen LogP) is 3.74. The van der Waals surface area contributed by atoms with Crippen LogP contribution in [0.2, 0.25) is 5.02 Å². The topological polar surface area (TPSA) is 25.8 Å². The van der Waals surface area contributed by atoms with Gasteiger partial charge in [-0.1, -0.05) is 29.3 Å². The summed E-state index contributed by atoms with van der Waals surface area (Å²) in [7, 11) is 0. The van der Waals surface area contributed by atoms with Crippen LogP contribution in [0.1, 0.15) is 5.56 Å². The Bertz CT molecular complexity index is 692. The van der Waals surface area contributed by atoms with Crippen LogP contribution in [-0.4, -0.2) is 9.97 Å². The zero-order chi connectivity index (χ0) is 11.1. The summed E-state index contributed by atoms with van der Waals surface area (Å²) in [4.78, 5) is 8.53. The van der Waals surface area contributed by atoms with Gasteiger partial charge in [0.05, 0.1) is 5.02 Å². The van der Waals surface area contributed by atoms with E-state index in [-0.39, 0.29) is 0 Å². The standard InChI is InChI=1S/C13H9ClN2/c1-8-2-3-11-9(4-8)6-15-13-12(11)5-10(14)7-16-13/h2-7H,1H3. The number of pyridine rings is 2. The number of benzene rings is 1. The molecule has 3 heteroatoms. The molecule has 2 heterocycles. The summed E-state index contributed by atoms with van der Waals surface area (Å²) in [5.41, 5.74) is 1.96. The van der Waals surface area contributed by atoms with Crippen molar-refractivity contribution in [1.29, 1.82) is 0 Å². The molecule has 0 atom stereocenters. The molecule has 1 aromatic carbocycles. The minimum Gasteiger partial charge on any atom is -0.236 e. The summed E-state index contributed by atoms with van der Waals surface area (Å²) >= 11 is 5.96. The highest BCUT2D eigenvalue weighted by atomic mass is 35.5. The Morgan fingerprint density at radius 2 is 1.81 bits per heavy atom. The number of halogens is 1. The molecule has 0 aliphatic rings. The van der Waals surface area contributed by atoms with E-state index in [0.29, 0.717) is 5.02 Å². The molecule has 0 saturated carbocycles. The minimum absolute atomic E-state index is 0.641. The Balaban J connectivity index is 2.52. The second kappa shape index (κ2) is 3.42. The van der Waals surface area contributed by atoms with Crippen LogP contribution >= 0.6 is 11.6 Å². The van der Waals surface area contributed by atoms with E-state index in [1.165, 1.54) is 5.56 Å². The molecule has 0 N–H and O–H groups in total. The van der Waals surface area contributed by atoms with Gasteiger partial charge < -0.3 is 0 Å². The smallest absolute Gasteiger partial charge is 0.159 e. The molecule has 3 rings (SSSR count). The average Bonchev–Trinajstić information content (AvgIpc) is 2.28. The number of aryl methyl sites for hydroxylation is 1. The summed E-state index contributed by atoms with van der Waals surface area (Å²) in [5, 5.41) is 3.91. The van der Waals surface area contributed by atoms with Gasteiger partial charge in [0.25, 0.3) is 0 Å². The Morgan fingerprint density at radius 3 is 2.69 bits per heavy atom. The van der Waals surface area contributed by atoms with Gasteiger partial charge >= 0.3 is 0 Å². The second-order valence-electron chi connectivity index (χ2n) is 3.87. The van der Waals surface area contributed by atoms with Gasteiger partial charge in [0.15, 0.2) is 5.65 Å². The summed E-state index contributed by atoms with van der Waals surface area (Å²) in [5.74, 6) is 0. The first-order chi connectivity index (χ1) is 7.74. The highest BCUT2D eigenvalue weighted by molar-refractivity contribution is 6.31. The molecular formula is C13H9ClN2. The number of nitrogens with zero attached hydrogens (tertiary/aromatic N) is 2. The summed E-state index contributed by atoms with van der Waals surface area (Å²) in [6.45, 7) is 2.07. The fourth-order valence-electron chi connectivity index (χ4n) is 1.90. The maximum atomic E-state index is 5.96. The van der Waals surface area contributed by atoms with Gasteiger partial charge in [-0.3, -0.25) is 0 Å². The van der Waals surface area contributed by atoms with Gasteiger partial charge in [-0.15, -0.1) is 0 Å². The molecular weight excluding hydrogens is 220 g/mol. The lowest BCUT2D eigenvalue weighted by Gasteiger charge is -2.03. The van der Waals surface area contributed by atoms with E-state index in [1.54, 1.807) is 6.20 Å². The van der Waals surface area contributed by atoms with E-state index in [1.807, 2.05) is 12.3 Å². The Hall–Kier alpha value is -1.67. The number of aromatic nitrogens is 2. The molecule has 78 valence electrons. The van der Waals surface area contributed by atoms with E-state index in [9.17, 15) is 0 Å². The van der Waals surface area contributed by atoms with Crippen LogP contribution in [0.5, 0.6) is 0 Å². The molecule has 0 fully saturated rings. The van der Waals surface area contributed by atoms with Gasteiger partial charge in [0.1, 0.15) is 0 Å². The number of hydrogen-bond acceptors (Lipinski definition) is 2. The number of rotatable bonds is 0. The van der Waals surface area contributed by atoms with Crippen molar-refractivity contribution in [2.75, 3.05) is 0 Å². The van der Waals surface area contributed by atoms with Crippen LogP contribution in [0.3, 0.4) is 0 Å². The van der Waals surface area contributed by atoms with Crippen LogP contribution in [0.15, 0.2) is 36.7 Å². The van der Waals surface area contributed by atoms with Crippen LogP contribution in [0.4, 0.5) is 0 Å². The number of hydrogen-bond donors (Lipinski definition) is 0. The van der Waals surface area contributed by atoms with Gasteiger partial charge in [0, 0.05) is 23.2 Å². The zero-order valence-corrected chi connectivity index (χ0v) is 9.49. The van der Waals surface area contributed by atoms with E-state index < -0.39 is 0 Å². The molecule has 0 spiro atoms. The molecule has 0 radical (unpaired) electrons. The summed E-state index contributed by atoms with van der Waals surface area (Å²) < 4.78 is 0. The molecule has 16 heavy (non-hydrogen) atoms. The average molecular weight is 229 g/mol. The quantitative estimate of drug-likeness (QED) is 0.548. The lowest BCUT2D eigenvalue weighted by Crippen LogP contribution is -1.86. The van der Waals surface area contributed by atoms with Gasteiger partial charge in [-0.25, -0.2) is 9.97 Å². The molecule has 0 aliphatic heterocycles. The Labute approximate surface area is 97.9 Å². The van der Waals surface area contributed by atoms with Crippen molar-refractivity contribution < 1.29 is 0 Å². The van der Waals surface area contributed by atoms with Crippen molar-refractivity contribution in [3.8, 4) is 0 Å². The lowest BCUT2D eigenvalue weighted by atomic mass is 10.1. The van der Waals surface area contributed by atoms with Crippen molar-refractivity contribution >= 4 is 33.4 Å². The Morgan fingerprint density at radius 1 is 1.00 bits per heavy atom. The molecule has 0 amide bonds. The minimum atomic E-state index is 0.641. The highest BCUT2D eigenvalue weighted by Gasteiger charge is 2.03. The molecule has 0 aliphatic carbocycles. The largest absolute Gasteiger partial charge is 0.236 e. The summed E-state index contributed by atoms with van der Waals surface area (Å²) in [6, 6.07) is 8.20. The van der Waals surface area contributed by atoms with Crippen molar-refractivity contribution in [1.82, 2.24) is 9.97 Å². The maximum absolute atomic E-state index is 5.96. The molecule has 2 nitrogen and oxygen atoms in total. The van der Waals surface area contributed by atoms with E-state index in [2.05, 4.69) is 35.1 Å². The van der Waals surface area contributed by atoms with E-state index in [4.69, 9.17) is 11.6 Å². The van der Waals surface area contributed by atoms with Crippen LogP contribution < -0.4 is 0 Å². The van der Waals surface area contributed by atoms with Crippen molar-refractivity contribution in [3.05, 3.63) is 47.2 Å². The van der Waals surface area contributed by atoms with Crippen LogP contribution in [-0.2, 0) is 0 Å². The third-order valence-electron chi connectivity index (χ3n) is 2.66. The third kappa shape index (κ3) is 1.42. The number of fused-ring (bicyclic) bond motifs is 3. The predicted molar refractivity (Wildman–Crippen MR) is 66.8 cm³/mol. The van der Waals surface area contributed by atoms with E-state index in [0.717, 1.165) is 21.8 Å². The van der Waals surface area contributed by atoms with Gasteiger partial charge in [-0.05, 0) is 24.4 Å². The molecule has 0 bridgehead atoms. The summed E-state index contributed by atoms with van der Waals surface area (Å²) in [6.07, 6.45) is 3.47. The first-order valence-corrected chi connectivity index (χ1v) is 5.42. The highest BCUT2D eigenvalue weighted by Crippen LogP contribution is 2.25. The third-order valence-corrected chi connectivity index (χ3v) is 2.86. The SMILES string of the molecule is Cc1ccc2c(cnc3ncc(Cl)cc32)c1. The van der Waals surface area contributed by atoms with Gasteiger partial charge in [0.2, 0.25) is 0 Å². The molecule has 2 aromatic heterocycles. The fourth-order valence-corrected chi connectivity index (χ4v) is 2.06.